The van der Waals surface area contributed by atoms with Crippen molar-refractivity contribution in [2.45, 2.75) is 58.6 Å². The van der Waals surface area contributed by atoms with Gasteiger partial charge in [-0.25, -0.2) is 0 Å². The Labute approximate surface area is 158 Å². The molecule has 2 rings (SSSR count). The first-order valence-electron chi connectivity index (χ1n) is 10.0. The van der Waals surface area contributed by atoms with Crippen molar-refractivity contribution in [3.8, 4) is 5.75 Å². The third-order valence-corrected chi connectivity index (χ3v) is 4.65. The van der Waals surface area contributed by atoms with Crippen molar-refractivity contribution in [1.82, 2.24) is 10.2 Å². The van der Waals surface area contributed by atoms with E-state index in [1.165, 1.54) is 18.4 Å². The molecule has 0 unspecified atom stereocenters. The van der Waals surface area contributed by atoms with Crippen molar-refractivity contribution in [2.24, 2.45) is 0 Å². The molecule has 0 bridgehead atoms. The smallest absolute Gasteiger partial charge is 0.221 e. The molecule has 1 aromatic carbocycles. The quantitative estimate of drug-likeness (QED) is 0.613. The van der Waals surface area contributed by atoms with E-state index in [1.54, 1.807) is 0 Å². The van der Waals surface area contributed by atoms with Crippen LogP contribution in [0.1, 0.15) is 51.5 Å². The topological polar surface area (TPSA) is 50.8 Å². The van der Waals surface area contributed by atoms with Crippen LogP contribution in [-0.2, 0) is 16.1 Å². The summed E-state index contributed by atoms with van der Waals surface area (Å²) in [5.41, 5.74) is 1.21. The molecule has 0 saturated carbocycles. The molecule has 0 fully saturated rings. The second-order valence-electron chi connectivity index (χ2n) is 6.88. The lowest BCUT2D eigenvalue weighted by molar-refractivity contribution is -0.121. The highest BCUT2D eigenvalue weighted by atomic mass is 16.5. The highest BCUT2D eigenvalue weighted by Crippen LogP contribution is 2.26. The van der Waals surface area contributed by atoms with Crippen molar-refractivity contribution in [3.63, 3.8) is 0 Å². The maximum Gasteiger partial charge on any atom is 0.221 e. The van der Waals surface area contributed by atoms with Gasteiger partial charge in [0.1, 0.15) is 11.9 Å². The highest BCUT2D eigenvalue weighted by molar-refractivity contribution is 5.76. The summed E-state index contributed by atoms with van der Waals surface area (Å²) in [5, 5.41) is 2.98. The standard InChI is InChI=1S/C21H34N2O3/c1-3-5-10-19-17-23(16-18-9-6-7-11-20(18)26-19)14-12-21(24)22-13-8-15-25-4-2/h6-7,9,11,19H,3-5,8,10,12-17H2,1-2H3,(H,22,24)/t19-/m1/s1. The Morgan fingerprint density at radius 2 is 2.15 bits per heavy atom. The first-order valence-corrected chi connectivity index (χ1v) is 10.0. The molecule has 1 aromatic rings. The van der Waals surface area contributed by atoms with E-state index in [2.05, 4.69) is 35.3 Å². The molecule has 5 nitrogen and oxygen atoms in total. The lowest BCUT2D eigenvalue weighted by Gasteiger charge is -2.23. The largest absolute Gasteiger partial charge is 0.489 e. The van der Waals surface area contributed by atoms with Crippen molar-refractivity contribution in [3.05, 3.63) is 29.8 Å². The Hall–Kier alpha value is -1.59. The number of fused-ring (bicyclic) bond motifs is 1. The number of amides is 1. The fourth-order valence-electron chi connectivity index (χ4n) is 3.21. The van der Waals surface area contributed by atoms with Crippen LogP contribution in [0.2, 0.25) is 0 Å². The summed E-state index contributed by atoms with van der Waals surface area (Å²) in [5.74, 6) is 1.11. The molecule has 1 aliphatic rings. The van der Waals surface area contributed by atoms with E-state index in [0.717, 1.165) is 44.8 Å². The van der Waals surface area contributed by atoms with Gasteiger partial charge >= 0.3 is 0 Å². The molecule has 146 valence electrons. The Balaban J connectivity index is 1.82. The molecule has 5 heteroatoms. The number of unbranched alkanes of at least 4 members (excludes halogenated alkanes) is 1. The van der Waals surface area contributed by atoms with Gasteiger partial charge in [-0.15, -0.1) is 0 Å². The summed E-state index contributed by atoms with van der Waals surface area (Å²) in [6.45, 7) is 8.79. The van der Waals surface area contributed by atoms with Gasteiger partial charge in [-0.1, -0.05) is 31.5 Å². The monoisotopic (exact) mass is 362 g/mol. The number of para-hydroxylation sites is 1. The first kappa shape index (κ1) is 20.7. The SMILES string of the molecule is CCCC[C@@H]1CN(CCC(=O)NCCCOCC)Cc2ccccc2O1. The van der Waals surface area contributed by atoms with Crippen LogP contribution in [0.4, 0.5) is 0 Å². The minimum absolute atomic E-state index is 0.116. The molecule has 1 amide bonds. The van der Waals surface area contributed by atoms with Gasteiger partial charge in [0.05, 0.1) is 0 Å². The first-order chi connectivity index (χ1) is 12.7. The number of carbonyl (C=O) groups is 1. The molecule has 0 spiro atoms. The molecule has 26 heavy (non-hydrogen) atoms. The van der Waals surface area contributed by atoms with E-state index < -0.39 is 0 Å². The lowest BCUT2D eigenvalue weighted by atomic mass is 10.1. The van der Waals surface area contributed by atoms with E-state index in [9.17, 15) is 4.79 Å². The van der Waals surface area contributed by atoms with E-state index in [4.69, 9.17) is 9.47 Å². The van der Waals surface area contributed by atoms with Crippen LogP contribution < -0.4 is 10.1 Å². The molecule has 0 aliphatic carbocycles. The summed E-state index contributed by atoms with van der Waals surface area (Å²) in [6.07, 6.45) is 4.99. The molecule has 1 aliphatic heterocycles. The van der Waals surface area contributed by atoms with Gasteiger partial charge in [0.2, 0.25) is 5.91 Å². The number of benzene rings is 1. The average molecular weight is 363 g/mol. The fraction of sp³-hybridized carbons (Fsp3) is 0.667. The van der Waals surface area contributed by atoms with Crippen LogP contribution >= 0.6 is 0 Å². The molecule has 0 radical (unpaired) electrons. The summed E-state index contributed by atoms with van der Waals surface area (Å²) in [6, 6.07) is 8.26. The van der Waals surface area contributed by atoms with Crippen molar-refractivity contribution in [1.29, 1.82) is 0 Å². The van der Waals surface area contributed by atoms with Crippen LogP contribution in [0.25, 0.3) is 0 Å². The van der Waals surface area contributed by atoms with E-state index in [0.29, 0.717) is 19.6 Å². The molecular formula is C21H34N2O3. The average Bonchev–Trinajstić information content (AvgIpc) is 2.83. The molecule has 1 atom stereocenters. The number of hydrogen-bond donors (Lipinski definition) is 1. The van der Waals surface area contributed by atoms with E-state index in [1.807, 2.05) is 13.0 Å². The van der Waals surface area contributed by atoms with Gasteiger partial charge < -0.3 is 14.8 Å². The third kappa shape index (κ3) is 7.34. The number of nitrogens with zero attached hydrogens (tertiary/aromatic N) is 1. The van der Waals surface area contributed by atoms with Gasteiger partial charge in [-0.2, -0.15) is 0 Å². The molecule has 1 heterocycles. The fourth-order valence-corrected chi connectivity index (χ4v) is 3.21. The molecule has 1 N–H and O–H groups in total. The van der Waals surface area contributed by atoms with Gasteiger partial charge in [0, 0.05) is 51.4 Å². The number of hydrogen-bond acceptors (Lipinski definition) is 4. The summed E-state index contributed by atoms with van der Waals surface area (Å²) in [4.78, 5) is 14.4. The maximum absolute atomic E-state index is 12.1. The van der Waals surface area contributed by atoms with Crippen LogP contribution in [0.5, 0.6) is 5.75 Å². The van der Waals surface area contributed by atoms with Crippen LogP contribution in [0.3, 0.4) is 0 Å². The number of rotatable bonds is 11. The Kier molecular flexibility index (Phi) is 9.50. The van der Waals surface area contributed by atoms with Crippen LogP contribution in [0, 0.1) is 0 Å². The maximum atomic E-state index is 12.1. The van der Waals surface area contributed by atoms with Gasteiger partial charge in [0.25, 0.3) is 0 Å². The number of nitrogens with one attached hydrogen (secondary N) is 1. The third-order valence-electron chi connectivity index (χ3n) is 4.65. The van der Waals surface area contributed by atoms with Gasteiger partial charge in [0.15, 0.2) is 0 Å². The Morgan fingerprint density at radius 1 is 1.31 bits per heavy atom. The number of ether oxygens (including phenoxy) is 2. The minimum atomic E-state index is 0.116. The zero-order valence-electron chi connectivity index (χ0n) is 16.3. The van der Waals surface area contributed by atoms with Crippen LogP contribution in [0.15, 0.2) is 24.3 Å². The Bertz CT molecular complexity index is 536. The zero-order chi connectivity index (χ0) is 18.6. The molecule has 0 saturated heterocycles. The Morgan fingerprint density at radius 3 is 2.96 bits per heavy atom. The summed E-state index contributed by atoms with van der Waals surface area (Å²) >= 11 is 0. The van der Waals surface area contributed by atoms with Crippen molar-refractivity contribution < 1.29 is 14.3 Å². The van der Waals surface area contributed by atoms with Crippen molar-refractivity contribution in [2.75, 3.05) is 32.8 Å². The van der Waals surface area contributed by atoms with E-state index in [-0.39, 0.29) is 12.0 Å². The van der Waals surface area contributed by atoms with Crippen LogP contribution in [-0.4, -0.2) is 49.8 Å². The van der Waals surface area contributed by atoms with E-state index >= 15 is 0 Å². The second-order valence-corrected chi connectivity index (χ2v) is 6.88. The van der Waals surface area contributed by atoms with Gasteiger partial charge in [-0.05, 0) is 32.3 Å². The molecular weight excluding hydrogens is 328 g/mol. The molecule has 0 aromatic heterocycles. The summed E-state index contributed by atoms with van der Waals surface area (Å²) in [7, 11) is 0. The lowest BCUT2D eigenvalue weighted by Crippen LogP contribution is -2.36. The summed E-state index contributed by atoms with van der Waals surface area (Å²) < 4.78 is 11.5. The predicted octanol–water partition coefficient (Wildman–Crippen LogP) is 3.37. The van der Waals surface area contributed by atoms with Crippen molar-refractivity contribution >= 4 is 5.91 Å². The highest BCUT2D eigenvalue weighted by Gasteiger charge is 2.22. The number of carbonyl (C=O) groups excluding carboxylic acids is 1. The predicted molar refractivity (Wildman–Crippen MR) is 104 cm³/mol. The minimum Gasteiger partial charge on any atom is -0.489 e. The second kappa shape index (κ2) is 11.9. The zero-order valence-corrected chi connectivity index (χ0v) is 16.3. The van der Waals surface area contributed by atoms with Gasteiger partial charge in [-0.3, -0.25) is 9.69 Å². The normalized spacial score (nSPS) is 17.2.